The molecule has 0 aromatic carbocycles. The predicted octanol–water partition coefficient (Wildman–Crippen LogP) is 0.413. The average molecular weight is 261 g/mol. The van der Waals surface area contributed by atoms with Gasteiger partial charge >= 0.3 is 5.97 Å². The van der Waals surface area contributed by atoms with Crippen molar-refractivity contribution in [1.29, 1.82) is 0 Å². The highest BCUT2D eigenvalue weighted by atomic mass is 16.6. The topological polar surface area (TPSA) is 77.0 Å². The first-order chi connectivity index (χ1) is 8.43. The number of ether oxygens (including phenoxy) is 3. The molecule has 18 heavy (non-hydrogen) atoms. The van der Waals surface area contributed by atoms with Gasteiger partial charge in [0, 0.05) is 12.1 Å². The zero-order valence-corrected chi connectivity index (χ0v) is 11.3. The van der Waals surface area contributed by atoms with Crippen molar-refractivity contribution in [3.05, 3.63) is 12.2 Å². The fourth-order valence-corrected chi connectivity index (χ4v) is 0.952. The van der Waals surface area contributed by atoms with E-state index in [9.17, 15) is 9.90 Å². The number of esters is 1. The number of carbonyl (C=O) groups is 1. The van der Waals surface area contributed by atoms with Gasteiger partial charge in [0.2, 0.25) is 6.41 Å². The summed E-state index contributed by atoms with van der Waals surface area (Å²) in [6.45, 7) is 10.0. The van der Waals surface area contributed by atoms with Gasteiger partial charge < -0.3 is 19.3 Å². The third-order valence-corrected chi connectivity index (χ3v) is 1.81. The third-order valence-electron chi connectivity index (χ3n) is 1.81. The minimum atomic E-state index is -1.09. The van der Waals surface area contributed by atoms with E-state index in [1.165, 1.54) is 0 Å². The van der Waals surface area contributed by atoms with Crippen molar-refractivity contribution in [1.82, 2.24) is 5.32 Å². The van der Waals surface area contributed by atoms with E-state index in [1.54, 1.807) is 6.92 Å². The van der Waals surface area contributed by atoms with Crippen LogP contribution in [0.1, 0.15) is 20.8 Å². The van der Waals surface area contributed by atoms with Gasteiger partial charge in [-0.2, -0.15) is 0 Å². The Hall–Kier alpha value is -0.950. The van der Waals surface area contributed by atoms with Gasteiger partial charge in [-0.1, -0.05) is 6.58 Å². The summed E-state index contributed by atoms with van der Waals surface area (Å²) in [4.78, 5) is 11.0. The molecule has 0 fully saturated rings. The van der Waals surface area contributed by atoms with Gasteiger partial charge in [-0.15, -0.1) is 0 Å². The van der Waals surface area contributed by atoms with Gasteiger partial charge in [-0.3, -0.25) is 5.32 Å². The molecule has 106 valence electrons. The number of carbonyl (C=O) groups excluding carboxylic acids is 1. The molecule has 0 bridgehead atoms. The maximum Gasteiger partial charge on any atom is 0.333 e. The quantitative estimate of drug-likeness (QED) is 0.257. The molecule has 0 rings (SSSR count). The molecule has 0 radical (unpaired) electrons. The maximum atomic E-state index is 11.0. The molecule has 0 spiro atoms. The standard InChI is InChI=1S/C12H23NO5/c1-9(2)11(14)17-6-5-13-12(15)18-8-7-16-10(3)4/h10,12-13,15H,1,5-8H2,2-4H3. The summed E-state index contributed by atoms with van der Waals surface area (Å²) < 4.78 is 15.1. The number of hydrogen-bond donors (Lipinski definition) is 2. The van der Waals surface area contributed by atoms with Crippen molar-refractivity contribution in [2.75, 3.05) is 26.4 Å². The zero-order chi connectivity index (χ0) is 14.0. The number of nitrogens with one attached hydrogen (secondary N) is 1. The summed E-state index contributed by atoms with van der Waals surface area (Å²) in [5.41, 5.74) is 0.345. The monoisotopic (exact) mass is 261 g/mol. The fraction of sp³-hybridized carbons (Fsp3) is 0.750. The van der Waals surface area contributed by atoms with Crippen LogP contribution in [0.15, 0.2) is 12.2 Å². The third kappa shape index (κ3) is 10.2. The van der Waals surface area contributed by atoms with Crippen LogP contribution >= 0.6 is 0 Å². The molecule has 0 aliphatic carbocycles. The van der Waals surface area contributed by atoms with Gasteiger partial charge in [-0.25, -0.2) is 4.79 Å². The minimum absolute atomic E-state index is 0.139. The fourth-order valence-electron chi connectivity index (χ4n) is 0.952. The predicted molar refractivity (Wildman–Crippen MR) is 66.8 cm³/mol. The minimum Gasteiger partial charge on any atom is -0.461 e. The van der Waals surface area contributed by atoms with Gasteiger partial charge in [-0.05, 0) is 20.8 Å². The highest BCUT2D eigenvalue weighted by Crippen LogP contribution is 1.91. The van der Waals surface area contributed by atoms with Gasteiger partial charge in [0.15, 0.2) is 0 Å². The summed E-state index contributed by atoms with van der Waals surface area (Å²) in [5, 5.41) is 12.0. The molecule has 0 aliphatic heterocycles. The van der Waals surface area contributed by atoms with Crippen molar-refractivity contribution >= 4 is 5.97 Å². The SMILES string of the molecule is C=C(C)C(=O)OCCNC(O)OCCOC(C)C. The molecule has 0 amide bonds. The summed E-state index contributed by atoms with van der Waals surface area (Å²) in [5.74, 6) is -0.447. The van der Waals surface area contributed by atoms with E-state index in [-0.39, 0.29) is 19.3 Å². The summed E-state index contributed by atoms with van der Waals surface area (Å²) in [6.07, 6.45) is -0.954. The second kappa shape index (κ2) is 10.0. The number of rotatable bonds is 10. The first-order valence-corrected chi connectivity index (χ1v) is 5.90. The molecule has 1 atom stereocenters. The highest BCUT2D eigenvalue weighted by molar-refractivity contribution is 5.86. The van der Waals surface area contributed by atoms with Crippen molar-refractivity contribution < 1.29 is 24.1 Å². The van der Waals surface area contributed by atoms with Crippen LogP contribution in [0.2, 0.25) is 0 Å². The van der Waals surface area contributed by atoms with Gasteiger partial charge in [0.25, 0.3) is 0 Å². The van der Waals surface area contributed by atoms with E-state index in [4.69, 9.17) is 14.2 Å². The van der Waals surface area contributed by atoms with E-state index >= 15 is 0 Å². The Morgan fingerprint density at radius 3 is 2.44 bits per heavy atom. The van der Waals surface area contributed by atoms with Crippen molar-refractivity contribution in [2.24, 2.45) is 0 Å². The molecule has 0 saturated heterocycles. The smallest absolute Gasteiger partial charge is 0.333 e. The lowest BCUT2D eigenvalue weighted by atomic mass is 10.4. The van der Waals surface area contributed by atoms with E-state index in [0.717, 1.165) is 0 Å². The van der Waals surface area contributed by atoms with Crippen LogP contribution in [-0.4, -0.2) is 50.0 Å². The van der Waals surface area contributed by atoms with Crippen molar-refractivity contribution in [3.63, 3.8) is 0 Å². The Morgan fingerprint density at radius 1 is 1.28 bits per heavy atom. The number of hydrogen-bond acceptors (Lipinski definition) is 6. The van der Waals surface area contributed by atoms with E-state index < -0.39 is 12.4 Å². The molecule has 2 N–H and O–H groups in total. The van der Waals surface area contributed by atoms with Crippen LogP contribution < -0.4 is 5.32 Å². The summed E-state index contributed by atoms with van der Waals surface area (Å²) in [7, 11) is 0. The lowest BCUT2D eigenvalue weighted by molar-refractivity contribution is -0.144. The van der Waals surface area contributed by atoms with Gasteiger partial charge in [0.1, 0.15) is 6.61 Å². The molecule has 6 heteroatoms. The molecular weight excluding hydrogens is 238 g/mol. The summed E-state index contributed by atoms with van der Waals surface area (Å²) in [6, 6.07) is 0. The Labute approximate surface area is 108 Å². The van der Waals surface area contributed by atoms with E-state index in [1.807, 2.05) is 13.8 Å². The summed E-state index contributed by atoms with van der Waals surface area (Å²) >= 11 is 0. The van der Waals surface area contributed by atoms with Crippen LogP contribution in [0.3, 0.4) is 0 Å². The molecule has 0 aliphatic rings. The second-order valence-electron chi connectivity index (χ2n) is 4.01. The van der Waals surface area contributed by atoms with Crippen LogP contribution in [0.4, 0.5) is 0 Å². The zero-order valence-electron chi connectivity index (χ0n) is 11.3. The van der Waals surface area contributed by atoms with Crippen molar-refractivity contribution in [3.8, 4) is 0 Å². The molecule has 0 aromatic heterocycles. The molecule has 1 unspecified atom stereocenters. The van der Waals surface area contributed by atoms with Gasteiger partial charge in [0.05, 0.1) is 19.3 Å². The van der Waals surface area contributed by atoms with Crippen LogP contribution in [0, 0.1) is 0 Å². The molecule has 6 nitrogen and oxygen atoms in total. The van der Waals surface area contributed by atoms with Crippen LogP contribution in [0.25, 0.3) is 0 Å². The first kappa shape index (κ1) is 17.1. The lowest BCUT2D eigenvalue weighted by Gasteiger charge is -2.14. The Bertz CT molecular complexity index is 255. The first-order valence-electron chi connectivity index (χ1n) is 5.90. The molecular formula is C12H23NO5. The largest absolute Gasteiger partial charge is 0.461 e. The highest BCUT2D eigenvalue weighted by Gasteiger charge is 2.05. The second-order valence-corrected chi connectivity index (χ2v) is 4.01. The van der Waals surface area contributed by atoms with Crippen LogP contribution in [0.5, 0.6) is 0 Å². The molecule has 0 aromatic rings. The Morgan fingerprint density at radius 2 is 1.89 bits per heavy atom. The Balaban J connectivity index is 3.39. The maximum absolute atomic E-state index is 11.0. The number of aliphatic hydroxyl groups excluding tert-OH is 1. The average Bonchev–Trinajstić information content (AvgIpc) is 2.29. The van der Waals surface area contributed by atoms with E-state index in [0.29, 0.717) is 18.7 Å². The van der Waals surface area contributed by atoms with E-state index in [2.05, 4.69) is 11.9 Å². The van der Waals surface area contributed by atoms with Crippen LogP contribution in [-0.2, 0) is 19.0 Å². The molecule has 0 heterocycles. The number of aliphatic hydroxyl groups is 1. The Kier molecular flexibility index (Phi) is 9.49. The normalized spacial score (nSPS) is 12.5. The van der Waals surface area contributed by atoms with Crippen molar-refractivity contribution in [2.45, 2.75) is 33.3 Å². The molecule has 0 saturated carbocycles. The lowest BCUT2D eigenvalue weighted by Crippen LogP contribution is -2.35.